The molecule has 4 heteroatoms. The summed E-state index contributed by atoms with van der Waals surface area (Å²) in [5, 5.41) is 1.47. The molecule has 1 atom stereocenters. The van der Waals surface area contributed by atoms with Gasteiger partial charge in [-0.25, -0.2) is 4.39 Å². The van der Waals surface area contributed by atoms with E-state index in [1.165, 1.54) is 6.07 Å². The van der Waals surface area contributed by atoms with Gasteiger partial charge in [-0.2, -0.15) is 0 Å². The van der Waals surface area contributed by atoms with Gasteiger partial charge >= 0.3 is 0 Å². The fraction of sp³-hybridized carbons (Fsp3) is 0.200. The van der Waals surface area contributed by atoms with Gasteiger partial charge in [-0.3, -0.25) is 0 Å². The van der Waals surface area contributed by atoms with Crippen LogP contribution in [0.2, 0.25) is 5.02 Å². The van der Waals surface area contributed by atoms with Crippen molar-refractivity contribution in [2.45, 2.75) is 12.3 Å². The van der Waals surface area contributed by atoms with Gasteiger partial charge in [0.15, 0.2) is 0 Å². The van der Waals surface area contributed by atoms with E-state index in [0.29, 0.717) is 17.0 Å². The fourth-order valence-electron chi connectivity index (χ4n) is 1.99. The molecule has 19 heavy (non-hydrogen) atoms. The minimum absolute atomic E-state index is 0.170. The van der Waals surface area contributed by atoms with Crippen LogP contribution in [0.1, 0.15) is 17.0 Å². The summed E-state index contributed by atoms with van der Waals surface area (Å²) in [5.41, 5.74) is 1.82. The van der Waals surface area contributed by atoms with Crippen LogP contribution in [0, 0.1) is 5.82 Å². The zero-order valence-electron chi connectivity index (χ0n) is 10.0. The van der Waals surface area contributed by atoms with Gasteiger partial charge in [0.05, 0.1) is 0 Å². The standard InChI is InChI=1S/C15H12Br2ClF/c16-9-12(10-2-1-3-14(18)8-10)6-11-7-13(17)4-5-15(11)19/h1-5,7-8,12H,6,9H2. The molecule has 0 aliphatic carbocycles. The molecule has 0 fully saturated rings. The number of rotatable bonds is 4. The molecule has 2 aromatic carbocycles. The first-order valence-corrected chi connectivity index (χ1v) is 8.14. The molecule has 0 aliphatic heterocycles. The monoisotopic (exact) mass is 404 g/mol. The maximum atomic E-state index is 13.8. The van der Waals surface area contributed by atoms with E-state index in [-0.39, 0.29) is 11.7 Å². The molecule has 0 saturated heterocycles. The molecule has 0 nitrogen and oxygen atoms in total. The Labute approximate surface area is 134 Å². The minimum Gasteiger partial charge on any atom is -0.207 e. The maximum Gasteiger partial charge on any atom is 0.126 e. The predicted molar refractivity (Wildman–Crippen MR) is 85.8 cm³/mol. The van der Waals surface area contributed by atoms with Crippen molar-refractivity contribution < 1.29 is 4.39 Å². The number of hydrogen-bond donors (Lipinski definition) is 0. The average Bonchev–Trinajstić information content (AvgIpc) is 2.39. The van der Waals surface area contributed by atoms with Crippen molar-refractivity contribution in [3.05, 3.63) is 68.9 Å². The van der Waals surface area contributed by atoms with Crippen molar-refractivity contribution in [2.75, 3.05) is 5.33 Å². The highest BCUT2D eigenvalue weighted by Crippen LogP contribution is 2.27. The molecule has 0 saturated carbocycles. The summed E-state index contributed by atoms with van der Waals surface area (Å²) in [4.78, 5) is 0. The van der Waals surface area contributed by atoms with E-state index in [4.69, 9.17) is 11.6 Å². The molecule has 0 N–H and O–H groups in total. The van der Waals surface area contributed by atoms with Crippen LogP contribution < -0.4 is 0 Å². The van der Waals surface area contributed by atoms with Gasteiger partial charge in [-0.1, -0.05) is 55.6 Å². The first-order chi connectivity index (χ1) is 9.10. The fourth-order valence-corrected chi connectivity index (χ4v) is 3.20. The van der Waals surface area contributed by atoms with Gasteiger partial charge in [0.2, 0.25) is 0 Å². The van der Waals surface area contributed by atoms with Crippen LogP contribution in [0.15, 0.2) is 46.9 Å². The van der Waals surface area contributed by atoms with Gasteiger partial charge in [-0.05, 0) is 53.8 Å². The van der Waals surface area contributed by atoms with E-state index in [1.807, 2.05) is 30.3 Å². The lowest BCUT2D eigenvalue weighted by molar-refractivity contribution is 0.599. The predicted octanol–water partition coefficient (Wildman–Crippen LogP) is 5.96. The number of halogens is 4. The molecule has 0 radical (unpaired) electrons. The van der Waals surface area contributed by atoms with Gasteiger partial charge in [0.25, 0.3) is 0 Å². The Morgan fingerprint density at radius 1 is 1.16 bits per heavy atom. The second kappa shape index (κ2) is 6.87. The largest absolute Gasteiger partial charge is 0.207 e. The van der Waals surface area contributed by atoms with Crippen LogP contribution in [-0.2, 0) is 6.42 Å². The number of alkyl halides is 1. The van der Waals surface area contributed by atoms with E-state index in [9.17, 15) is 4.39 Å². The molecule has 0 aliphatic rings. The summed E-state index contributed by atoms with van der Waals surface area (Å²) in [6.07, 6.45) is 0.636. The second-order valence-electron chi connectivity index (χ2n) is 4.35. The Bertz CT molecular complexity index is 572. The zero-order chi connectivity index (χ0) is 13.8. The van der Waals surface area contributed by atoms with E-state index < -0.39 is 0 Å². The zero-order valence-corrected chi connectivity index (χ0v) is 14.0. The molecule has 1 unspecified atom stereocenters. The molecule has 0 heterocycles. The van der Waals surface area contributed by atoms with Crippen molar-refractivity contribution in [3.8, 4) is 0 Å². The molecule has 100 valence electrons. The van der Waals surface area contributed by atoms with Crippen LogP contribution in [0.4, 0.5) is 4.39 Å². The average molecular weight is 407 g/mol. The first kappa shape index (κ1) is 15.0. The summed E-state index contributed by atoms with van der Waals surface area (Å²) in [5.74, 6) is 0.0266. The number of hydrogen-bond acceptors (Lipinski definition) is 0. The molecule has 0 aromatic heterocycles. The normalized spacial score (nSPS) is 12.4. The Hall–Kier alpha value is -0.380. The summed E-state index contributed by atoms with van der Waals surface area (Å²) in [7, 11) is 0. The van der Waals surface area contributed by atoms with Crippen LogP contribution >= 0.6 is 43.5 Å². The SMILES string of the molecule is Fc1ccc(Br)cc1CC(CBr)c1cccc(Cl)c1. The quantitative estimate of drug-likeness (QED) is 0.550. The maximum absolute atomic E-state index is 13.8. The third-order valence-electron chi connectivity index (χ3n) is 2.98. The van der Waals surface area contributed by atoms with Crippen LogP contribution in [0.5, 0.6) is 0 Å². The Morgan fingerprint density at radius 3 is 2.63 bits per heavy atom. The van der Waals surface area contributed by atoms with E-state index in [1.54, 1.807) is 6.07 Å². The van der Waals surface area contributed by atoms with E-state index >= 15 is 0 Å². The topological polar surface area (TPSA) is 0 Å². The lowest BCUT2D eigenvalue weighted by Crippen LogP contribution is -2.06. The summed E-state index contributed by atoms with van der Waals surface area (Å²) in [6.45, 7) is 0. The lowest BCUT2D eigenvalue weighted by atomic mass is 9.93. The van der Waals surface area contributed by atoms with Crippen molar-refractivity contribution in [1.29, 1.82) is 0 Å². The van der Waals surface area contributed by atoms with Crippen molar-refractivity contribution in [2.24, 2.45) is 0 Å². The van der Waals surface area contributed by atoms with Crippen molar-refractivity contribution in [1.82, 2.24) is 0 Å². The highest BCUT2D eigenvalue weighted by atomic mass is 79.9. The van der Waals surface area contributed by atoms with E-state index in [0.717, 1.165) is 15.4 Å². The highest BCUT2D eigenvalue weighted by molar-refractivity contribution is 9.10. The minimum atomic E-state index is -0.170. The third-order valence-corrected chi connectivity index (χ3v) is 4.49. The van der Waals surface area contributed by atoms with Crippen LogP contribution in [0.3, 0.4) is 0 Å². The van der Waals surface area contributed by atoms with Gasteiger partial charge in [0.1, 0.15) is 5.82 Å². The van der Waals surface area contributed by atoms with Crippen molar-refractivity contribution >= 4 is 43.5 Å². The summed E-state index contributed by atoms with van der Waals surface area (Å²) in [6, 6.07) is 12.7. The molecule has 2 aromatic rings. The van der Waals surface area contributed by atoms with Crippen LogP contribution in [0.25, 0.3) is 0 Å². The first-order valence-electron chi connectivity index (χ1n) is 5.85. The molecule has 0 spiro atoms. The number of benzene rings is 2. The summed E-state index contributed by atoms with van der Waals surface area (Å²) >= 11 is 12.9. The van der Waals surface area contributed by atoms with Crippen molar-refractivity contribution in [3.63, 3.8) is 0 Å². The lowest BCUT2D eigenvalue weighted by Gasteiger charge is -2.15. The summed E-state index contributed by atoms with van der Waals surface area (Å²) < 4.78 is 14.7. The molecule has 0 amide bonds. The molecule has 0 bridgehead atoms. The third kappa shape index (κ3) is 4.04. The smallest absolute Gasteiger partial charge is 0.126 e. The van der Waals surface area contributed by atoms with E-state index in [2.05, 4.69) is 31.9 Å². The molecular formula is C15H12Br2ClF. The Balaban J connectivity index is 2.26. The van der Waals surface area contributed by atoms with Gasteiger partial charge in [-0.15, -0.1) is 0 Å². The Morgan fingerprint density at radius 2 is 1.95 bits per heavy atom. The highest BCUT2D eigenvalue weighted by Gasteiger charge is 2.14. The Kier molecular flexibility index (Phi) is 5.43. The molecule has 2 rings (SSSR count). The van der Waals surface area contributed by atoms with Crippen LogP contribution in [-0.4, -0.2) is 5.33 Å². The van der Waals surface area contributed by atoms with Gasteiger partial charge < -0.3 is 0 Å². The second-order valence-corrected chi connectivity index (χ2v) is 6.35. The van der Waals surface area contributed by atoms with Gasteiger partial charge in [0, 0.05) is 14.8 Å². The molecular weight excluding hydrogens is 394 g/mol.